The molecule has 0 saturated heterocycles. The average molecular weight is 220 g/mol. The summed E-state index contributed by atoms with van der Waals surface area (Å²) in [5.74, 6) is -0.837. The van der Waals surface area contributed by atoms with Crippen LogP contribution in [0, 0.1) is 5.41 Å². The van der Waals surface area contributed by atoms with Gasteiger partial charge in [0.15, 0.2) is 0 Å². The highest BCUT2D eigenvalue weighted by molar-refractivity contribution is 5.97. The molecule has 84 valence electrons. The number of amides is 1. The van der Waals surface area contributed by atoms with Crippen LogP contribution in [-0.2, 0) is 4.79 Å². The van der Waals surface area contributed by atoms with E-state index in [9.17, 15) is 9.59 Å². The monoisotopic (exact) mass is 220 g/mol. The summed E-state index contributed by atoms with van der Waals surface area (Å²) >= 11 is 0. The third kappa shape index (κ3) is 2.03. The Labute approximate surface area is 92.5 Å². The summed E-state index contributed by atoms with van der Waals surface area (Å²) in [5, 5.41) is 11.4. The van der Waals surface area contributed by atoms with E-state index in [0.717, 1.165) is 12.8 Å². The lowest BCUT2D eigenvalue weighted by atomic mass is 10.1. The van der Waals surface area contributed by atoms with Crippen molar-refractivity contribution in [2.45, 2.75) is 19.8 Å². The summed E-state index contributed by atoms with van der Waals surface area (Å²) in [6.07, 6.45) is 3.11. The van der Waals surface area contributed by atoms with Crippen LogP contribution in [0.3, 0.4) is 0 Å². The minimum Gasteiger partial charge on any atom is -0.478 e. The molecule has 1 aromatic rings. The SMILES string of the molecule is CC1(C(=O)Nc2cc(C(=O)O)ccn2)CC1. The maximum absolute atomic E-state index is 11.7. The van der Waals surface area contributed by atoms with Gasteiger partial charge >= 0.3 is 5.97 Å². The van der Waals surface area contributed by atoms with Crippen molar-refractivity contribution in [3.63, 3.8) is 0 Å². The van der Waals surface area contributed by atoms with Gasteiger partial charge in [0.2, 0.25) is 5.91 Å². The Morgan fingerprint density at radius 3 is 2.75 bits per heavy atom. The van der Waals surface area contributed by atoms with Crippen LogP contribution in [-0.4, -0.2) is 22.0 Å². The summed E-state index contributed by atoms with van der Waals surface area (Å²) in [6.45, 7) is 1.88. The second-order valence-electron chi connectivity index (χ2n) is 4.25. The molecule has 0 bridgehead atoms. The first-order valence-electron chi connectivity index (χ1n) is 5.02. The van der Waals surface area contributed by atoms with E-state index in [1.165, 1.54) is 18.3 Å². The summed E-state index contributed by atoms with van der Waals surface area (Å²) in [4.78, 5) is 26.3. The standard InChI is InChI=1S/C11H12N2O3/c1-11(3-4-11)10(16)13-8-6-7(9(14)15)2-5-12-8/h2,5-6H,3-4H2,1H3,(H,14,15)(H,12,13,16). The minimum atomic E-state index is -1.03. The number of carbonyl (C=O) groups excluding carboxylic acids is 1. The zero-order chi connectivity index (χ0) is 11.8. The molecule has 1 fully saturated rings. The van der Waals surface area contributed by atoms with Gasteiger partial charge in [-0.2, -0.15) is 0 Å². The molecule has 1 amide bonds. The van der Waals surface area contributed by atoms with Gasteiger partial charge in [0, 0.05) is 11.6 Å². The topological polar surface area (TPSA) is 79.3 Å². The first-order valence-corrected chi connectivity index (χ1v) is 5.02. The Hall–Kier alpha value is -1.91. The predicted molar refractivity (Wildman–Crippen MR) is 57.2 cm³/mol. The number of carbonyl (C=O) groups is 2. The summed E-state index contributed by atoms with van der Waals surface area (Å²) in [5.41, 5.74) is -0.174. The average Bonchev–Trinajstić information content (AvgIpc) is 2.98. The van der Waals surface area contributed by atoms with Gasteiger partial charge in [-0.25, -0.2) is 9.78 Å². The Kier molecular flexibility index (Phi) is 2.38. The van der Waals surface area contributed by atoms with Crippen LogP contribution >= 0.6 is 0 Å². The van der Waals surface area contributed by atoms with Crippen LogP contribution in [0.2, 0.25) is 0 Å². The molecule has 1 heterocycles. The molecule has 2 N–H and O–H groups in total. The van der Waals surface area contributed by atoms with Crippen LogP contribution in [0.1, 0.15) is 30.1 Å². The second kappa shape index (κ2) is 3.59. The molecule has 2 rings (SSSR count). The van der Waals surface area contributed by atoms with E-state index in [-0.39, 0.29) is 22.7 Å². The van der Waals surface area contributed by atoms with E-state index < -0.39 is 5.97 Å². The van der Waals surface area contributed by atoms with Crippen molar-refractivity contribution >= 4 is 17.7 Å². The number of carboxylic acid groups (broad SMARTS) is 1. The number of carboxylic acids is 1. The number of nitrogens with zero attached hydrogens (tertiary/aromatic N) is 1. The Bertz CT molecular complexity index is 452. The number of aromatic nitrogens is 1. The van der Waals surface area contributed by atoms with Gasteiger partial charge in [-0.05, 0) is 25.0 Å². The maximum Gasteiger partial charge on any atom is 0.335 e. The molecule has 1 saturated carbocycles. The Morgan fingerprint density at radius 2 is 2.19 bits per heavy atom. The third-order valence-electron chi connectivity index (χ3n) is 2.80. The van der Waals surface area contributed by atoms with Crippen molar-refractivity contribution in [2.75, 3.05) is 5.32 Å². The van der Waals surface area contributed by atoms with Gasteiger partial charge in [0.1, 0.15) is 5.82 Å². The van der Waals surface area contributed by atoms with Crippen molar-refractivity contribution in [1.29, 1.82) is 0 Å². The van der Waals surface area contributed by atoms with Crippen molar-refractivity contribution in [3.8, 4) is 0 Å². The fourth-order valence-corrected chi connectivity index (χ4v) is 1.31. The Morgan fingerprint density at radius 1 is 1.50 bits per heavy atom. The van der Waals surface area contributed by atoms with Crippen LogP contribution < -0.4 is 5.32 Å². The normalized spacial score (nSPS) is 16.6. The van der Waals surface area contributed by atoms with E-state index in [0.29, 0.717) is 0 Å². The predicted octanol–water partition coefficient (Wildman–Crippen LogP) is 1.52. The van der Waals surface area contributed by atoms with Gasteiger partial charge in [0.25, 0.3) is 0 Å². The summed E-state index contributed by atoms with van der Waals surface area (Å²) in [7, 11) is 0. The molecule has 0 spiro atoms. The van der Waals surface area contributed by atoms with E-state index in [1.54, 1.807) is 0 Å². The number of pyridine rings is 1. The number of nitrogens with one attached hydrogen (secondary N) is 1. The lowest BCUT2D eigenvalue weighted by molar-refractivity contribution is -0.120. The van der Waals surface area contributed by atoms with Crippen LogP contribution in [0.15, 0.2) is 18.3 Å². The van der Waals surface area contributed by atoms with Crippen molar-refractivity contribution < 1.29 is 14.7 Å². The number of hydrogen-bond donors (Lipinski definition) is 2. The van der Waals surface area contributed by atoms with E-state index in [1.807, 2.05) is 6.92 Å². The molecule has 0 aromatic carbocycles. The summed E-state index contributed by atoms with van der Waals surface area (Å²) < 4.78 is 0. The van der Waals surface area contributed by atoms with Crippen molar-refractivity contribution in [1.82, 2.24) is 4.98 Å². The lowest BCUT2D eigenvalue weighted by Crippen LogP contribution is -2.22. The largest absolute Gasteiger partial charge is 0.478 e. The number of anilines is 1. The summed E-state index contributed by atoms with van der Waals surface area (Å²) in [6, 6.07) is 2.74. The lowest BCUT2D eigenvalue weighted by Gasteiger charge is -2.09. The van der Waals surface area contributed by atoms with Crippen LogP contribution in [0.25, 0.3) is 0 Å². The second-order valence-corrected chi connectivity index (χ2v) is 4.25. The van der Waals surface area contributed by atoms with Crippen molar-refractivity contribution in [2.24, 2.45) is 5.41 Å². The Balaban J connectivity index is 2.12. The molecule has 5 heteroatoms. The molecule has 0 radical (unpaired) electrons. The third-order valence-corrected chi connectivity index (χ3v) is 2.80. The van der Waals surface area contributed by atoms with Gasteiger partial charge in [0.05, 0.1) is 5.56 Å². The van der Waals surface area contributed by atoms with Gasteiger partial charge < -0.3 is 10.4 Å². The van der Waals surface area contributed by atoms with Crippen LogP contribution in [0.4, 0.5) is 5.82 Å². The van der Waals surface area contributed by atoms with Gasteiger partial charge in [-0.3, -0.25) is 4.79 Å². The fourth-order valence-electron chi connectivity index (χ4n) is 1.31. The molecule has 16 heavy (non-hydrogen) atoms. The number of rotatable bonds is 3. The fraction of sp³-hybridized carbons (Fsp3) is 0.364. The van der Waals surface area contributed by atoms with E-state index >= 15 is 0 Å². The molecular weight excluding hydrogens is 208 g/mol. The minimum absolute atomic E-state index is 0.0949. The maximum atomic E-state index is 11.7. The highest BCUT2D eigenvalue weighted by Gasteiger charge is 2.44. The number of hydrogen-bond acceptors (Lipinski definition) is 3. The zero-order valence-corrected chi connectivity index (χ0v) is 8.86. The molecule has 0 aliphatic heterocycles. The zero-order valence-electron chi connectivity index (χ0n) is 8.86. The molecular formula is C11H12N2O3. The molecule has 1 aliphatic rings. The molecule has 0 atom stereocenters. The van der Waals surface area contributed by atoms with E-state index in [4.69, 9.17) is 5.11 Å². The molecule has 5 nitrogen and oxygen atoms in total. The quantitative estimate of drug-likeness (QED) is 0.809. The highest BCUT2D eigenvalue weighted by atomic mass is 16.4. The molecule has 0 unspecified atom stereocenters. The number of aromatic carboxylic acids is 1. The van der Waals surface area contributed by atoms with E-state index in [2.05, 4.69) is 10.3 Å². The molecule has 1 aliphatic carbocycles. The molecule has 1 aromatic heterocycles. The first kappa shape index (κ1) is 10.6. The van der Waals surface area contributed by atoms with Crippen molar-refractivity contribution in [3.05, 3.63) is 23.9 Å². The van der Waals surface area contributed by atoms with Gasteiger partial charge in [-0.15, -0.1) is 0 Å². The van der Waals surface area contributed by atoms with Gasteiger partial charge in [-0.1, -0.05) is 6.92 Å². The first-order chi connectivity index (χ1) is 7.51. The smallest absolute Gasteiger partial charge is 0.335 e. The van der Waals surface area contributed by atoms with Crippen LogP contribution in [0.5, 0.6) is 0 Å². The highest BCUT2D eigenvalue weighted by Crippen LogP contribution is 2.45.